The number of hydrogen-bond donors (Lipinski definition) is 1. The van der Waals surface area contributed by atoms with Crippen molar-refractivity contribution in [2.75, 3.05) is 17.3 Å². The fraction of sp³-hybridized carbons (Fsp3) is 0.0500. The largest absolute Gasteiger partial charge is 0.326 e. The summed E-state index contributed by atoms with van der Waals surface area (Å²) < 4.78 is 0. The van der Waals surface area contributed by atoms with E-state index in [-0.39, 0.29) is 6.03 Å². The highest BCUT2D eigenvalue weighted by molar-refractivity contribution is 6.01. The molecular formula is C20H18N2O. The van der Waals surface area contributed by atoms with Crippen molar-refractivity contribution in [1.82, 2.24) is 0 Å². The topological polar surface area (TPSA) is 32.3 Å². The van der Waals surface area contributed by atoms with Gasteiger partial charge in [0.1, 0.15) is 0 Å². The van der Waals surface area contributed by atoms with Crippen molar-refractivity contribution in [2.24, 2.45) is 0 Å². The van der Waals surface area contributed by atoms with Crippen LogP contribution in [-0.4, -0.2) is 13.1 Å². The maximum absolute atomic E-state index is 12.3. The van der Waals surface area contributed by atoms with Crippen LogP contribution in [0.15, 0.2) is 84.9 Å². The minimum absolute atomic E-state index is 0.163. The minimum Gasteiger partial charge on any atom is -0.308 e. The van der Waals surface area contributed by atoms with Gasteiger partial charge in [-0.15, -0.1) is 0 Å². The third-order valence-corrected chi connectivity index (χ3v) is 3.69. The standard InChI is InChI=1S/C20H18N2O/c1-22(19-10-6-3-7-11-19)20(23)21-18-14-12-17(13-15-18)16-8-4-2-5-9-16/h2-15H,1H3,(H,21,23). The van der Waals surface area contributed by atoms with Crippen molar-refractivity contribution in [3.05, 3.63) is 84.9 Å². The molecule has 3 nitrogen and oxygen atoms in total. The summed E-state index contributed by atoms with van der Waals surface area (Å²) in [6.07, 6.45) is 0. The van der Waals surface area contributed by atoms with Gasteiger partial charge in [-0.3, -0.25) is 4.90 Å². The summed E-state index contributed by atoms with van der Waals surface area (Å²) in [5.74, 6) is 0. The minimum atomic E-state index is -0.163. The van der Waals surface area contributed by atoms with E-state index in [9.17, 15) is 4.79 Å². The summed E-state index contributed by atoms with van der Waals surface area (Å²) in [4.78, 5) is 13.9. The molecule has 0 heterocycles. The van der Waals surface area contributed by atoms with Gasteiger partial charge in [0.05, 0.1) is 0 Å². The normalized spacial score (nSPS) is 10.1. The summed E-state index contributed by atoms with van der Waals surface area (Å²) in [5, 5.41) is 2.91. The number of anilines is 2. The van der Waals surface area contributed by atoms with Gasteiger partial charge >= 0.3 is 6.03 Å². The zero-order valence-corrected chi connectivity index (χ0v) is 12.9. The number of nitrogens with zero attached hydrogens (tertiary/aromatic N) is 1. The molecule has 1 N–H and O–H groups in total. The Bertz CT molecular complexity index is 768. The van der Waals surface area contributed by atoms with Gasteiger partial charge < -0.3 is 5.32 Å². The molecule has 3 aromatic carbocycles. The molecule has 0 unspecified atom stereocenters. The maximum Gasteiger partial charge on any atom is 0.326 e. The van der Waals surface area contributed by atoms with Crippen LogP contribution in [0, 0.1) is 0 Å². The van der Waals surface area contributed by atoms with Gasteiger partial charge in [0.2, 0.25) is 0 Å². The van der Waals surface area contributed by atoms with Crippen molar-refractivity contribution >= 4 is 17.4 Å². The highest BCUT2D eigenvalue weighted by atomic mass is 16.2. The zero-order valence-electron chi connectivity index (χ0n) is 12.9. The number of hydrogen-bond acceptors (Lipinski definition) is 1. The summed E-state index contributed by atoms with van der Waals surface area (Å²) in [6, 6.07) is 27.4. The molecule has 0 fully saturated rings. The van der Waals surface area contributed by atoms with Crippen LogP contribution in [0.25, 0.3) is 11.1 Å². The van der Waals surface area contributed by atoms with Crippen molar-refractivity contribution in [3.63, 3.8) is 0 Å². The molecule has 0 bridgehead atoms. The predicted molar refractivity (Wildman–Crippen MR) is 95.7 cm³/mol. The average molecular weight is 302 g/mol. The number of urea groups is 1. The van der Waals surface area contributed by atoms with Gasteiger partial charge in [-0.1, -0.05) is 60.7 Å². The average Bonchev–Trinajstić information content (AvgIpc) is 2.63. The van der Waals surface area contributed by atoms with Gasteiger partial charge in [-0.05, 0) is 35.4 Å². The van der Waals surface area contributed by atoms with Crippen LogP contribution in [0.5, 0.6) is 0 Å². The molecule has 23 heavy (non-hydrogen) atoms. The molecule has 0 radical (unpaired) electrons. The summed E-state index contributed by atoms with van der Waals surface area (Å²) >= 11 is 0. The van der Waals surface area contributed by atoms with Crippen LogP contribution in [0.1, 0.15) is 0 Å². The van der Waals surface area contributed by atoms with Crippen molar-refractivity contribution < 1.29 is 4.79 Å². The quantitative estimate of drug-likeness (QED) is 0.723. The third kappa shape index (κ3) is 3.58. The van der Waals surface area contributed by atoms with Crippen LogP contribution >= 0.6 is 0 Å². The van der Waals surface area contributed by atoms with E-state index in [1.54, 1.807) is 11.9 Å². The van der Waals surface area contributed by atoms with E-state index >= 15 is 0 Å². The van der Waals surface area contributed by atoms with E-state index < -0.39 is 0 Å². The number of para-hydroxylation sites is 1. The molecule has 0 spiro atoms. The fourth-order valence-corrected chi connectivity index (χ4v) is 2.35. The molecule has 3 heteroatoms. The second-order valence-electron chi connectivity index (χ2n) is 5.27. The Morgan fingerprint density at radius 1 is 0.739 bits per heavy atom. The number of nitrogens with one attached hydrogen (secondary N) is 1. The molecule has 3 aromatic rings. The molecule has 2 amide bonds. The number of amides is 2. The number of carbonyl (C=O) groups is 1. The highest BCUT2D eigenvalue weighted by Crippen LogP contribution is 2.21. The van der Waals surface area contributed by atoms with E-state index in [1.165, 1.54) is 0 Å². The van der Waals surface area contributed by atoms with Gasteiger partial charge in [0.25, 0.3) is 0 Å². The smallest absolute Gasteiger partial charge is 0.308 e. The SMILES string of the molecule is CN(C(=O)Nc1ccc(-c2ccccc2)cc1)c1ccccc1. The Balaban J connectivity index is 1.70. The molecule has 0 aromatic heterocycles. The Kier molecular flexibility index (Phi) is 4.39. The Morgan fingerprint density at radius 2 is 1.26 bits per heavy atom. The Labute approximate surface area is 136 Å². The van der Waals surface area contributed by atoms with Crippen LogP contribution in [-0.2, 0) is 0 Å². The van der Waals surface area contributed by atoms with Crippen LogP contribution in [0.3, 0.4) is 0 Å². The maximum atomic E-state index is 12.3. The zero-order chi connectivity index (χ0) is 16.1. The molecule has 0 saturated carbocycles. The Morgan fingerprint density at radius 3 is 1.87 bits per heavy atom. The number of rotatable bonds is 3. The second kappa shape index (κ2) is 6.79. The lowest BCUT2D eigenvalue weighted by Crippen LogP contribution is -2.31. The van der Waals surface area contributed by atoms with Gasteiger partial charge in [-0.25, -0.2) is 4.79 Å². The van der Waals surface area contributed by atoms with Crippen LogP contribution < -0.4 is 10.2 Å². The number of benzene rings is 3. The molecule has 114 valence electrons. The van der Waals surface area contributed by atoms with E-state index in [1.807, 2.05) is 72.8 Å². The second-order valence-corrected chi connectivity index (χ2v) is 5.27. The molecule has 0 atom stereocenters. The highest BCUT2D eigenvalue weighted by Gasteiger charge is 2.10. The summed E-state index contributed by atoms with van der Waals surface area (Å²) in [5.41, 5.74) is 3.91. The lowest BCUT2D eigenvalue weighted by atomic mass is 10.1. The molecule has 0 aliphatic heterocycles. The lowest BCUT2D eigenvalue weighted by molar-refractivity contribution is 0.258. The van der Waals surface area contributed by atoms with Gasteiger partial charge in [0.15, 0.2) is 0 Å². The molecule has 0 aliphatic carbocycles. The molecule has 0 aliphatic rings. The Hall–Kier alpha value is -3.07. The fourth-order valence-electron chi connectivity index (χ4n) is 2.35. The van der Waals surface area contributed by atoms with Gasteiger partial charge in [-0.2, -0.15) is 0 Å². The van der Waals surface area contributed by atoms with Crippen LogP contribution in [0.2, 0.25) is 0 Å². The van der Waals surface area contributed by atoms with E-state index in [2.05, 4.69) is 17.4 Å². The first-order valence-corrected chi connectivity index (χ1v) is 7.49. The molecular weight excluding hydrogens is 284 g/mol. The van der Waals surface area contributed by atoms with Crippen molar-refractivity contribution in [3.8, 4) is 11.1 Å². The molecule has 0 saturated heterocycles. The van der Waals surface area contributed by atoms with Crippen molar-refractivity contribution in [1.29, 1.82) is 0 Å². The van der Waals surface area contributed by atoms with E-state index in [0.717, 1.165) is 22.5 Å². The van der Waals surface area contributed by atoms with Crippen molar-refractivity contribution in [2.45, 2.75) is 0 Å². The van der Waals surface area contributed by atoms with Crippen LogP contribution in [0.4, 0.5) is 16.2 Å². The summed E-state index contributed by atoms with van der Waals surface area (Å²) in [7, 11) is 1.75. The predicted octanol–water partition coefficient (Wildman–Crippen LogP) is 5.02. The first kappa shape index (κ1) is 14.9. The number of carbonyl (C=O) groups excluding carboxylic acids is 1. The van der Waals surface area contributed by atoms with E-state index in [4.69, 9.17) is 0 Å². The third-order valence-electron chi connectivity index (χ3n) is 3.69. The summed E-state index contributed by atoms with van der Waals surface area (Å²) in [6.45, 7) is 0. The molecule has 3 rings (SSSR count). The lowest BCUT2D eigenvalue weighted by Gasteiger charge is -2.18. The first-order chi connectivity index (χ1) is 11.2. The van der Waals surface area contributed by atoms with Gasteiger partial charge in [0, 0.05) is 18.4 Å². The first-order valence-electron chi connectivity index (χ1n) is 7.49. The monoisotopic (exact) mass is 302 g/mol. The van der Waals surface area contributed by atoms with E-state index in [0.29, 0.717) is 0 Å².